The Balaban J connectivity index is 1.63. The van der Waals surface area contributed by atoms with E-state index in [-0.39, 0.29) is 6.09 Å². The first-order valence-electron chi connectivity index (χ1n) is 10.1. The van der Waals surface area contributed by atoms with Crippen molar-refractivity contribution in [3.8, 4) is 0 Å². The minimum Gasteiger partial charge on any atom is -0.444 e. The molecule has 1 aromatic rings. The van der Waals surface area contributed by atoms with Gasteiger partial charge < -0.3 is 25.2 Å². The van der Waals surface area contributed by atoms with E-state index >= 15 is 0 Å². The van der Waals surface area contributed by atoms with Gasteiger partial charge in [0.25, 0.3) is 0 Å². The van der Waals surface area contributed by atoms with Crippen LogP contribution in [0.3, 0.4) is 0 Å². The summed E-state index contributed by atoms with van der Waals surface area (Å²) in [7, 11) is 0. The molecule has 0 unspecified atom stereocenters. The van der Waals surface area contributed by atoms with Crippen molar-refractivity contribution in [2.75, 3.05) is 54.8 Å². The molecule has 1 amide bonds. The number of nitrogens with two attached hydrogens (primary N) is 1. The predicted molar refractivity (Wildman–Crippen MR) is 111 cm³/mol. The van der Waals surface area contributed by atoms with Crippen molar-refractivity contribution in [3.63, 3.8) is 0 Å². The van der Waals surface area contributed by atoms with Gasteiger partial charge in [-0.1, -0.05) is 6.92 Å². The third-order valence-electron chi connectivity index (χ3n) is 5.43. The van der Waals surface area contributed by atoms with Crippen molar-refractivity contribution in [2.45, 2.75) is 46.1 Å². The van der Waals surface area contributed by atoms with Crippen LogP contribution in [0.25, 0.3) is 0 Å². The molecule has 0 spiro atoms. The van der Waals surface area contributed by atoms with E-state index in [2.05, 4.69) is 28.9 Å². The highest BCUT2D eigenvalue weighted by molar-refractivity contribution is 5.74. The fourth-order valence-corrected chi connectivity index (χ4v) is 3.73. The molecule has 6 nitrogen and oxygen atoms in total. The Bertz CT molecular complexity index is 655. The molecule has 6 heteroatoms. The molecule has 2 N–H and O–H groups in total. The van der Waals surface area contributed by atoms with Gasteiger partial charge in [0.2, 0.25) is 0 Å². The number of amides is 1. The second-order valence-electron chi connectivity index (χ2n) is 8.87. The van der Waals surface area contributed by atoms with Crippen molar-refractivity contribution in [1.29, 1.82) is 0 Å². The Labute approximate surface area is 163 Å². The molecule has 27 heavy (non-hydrogen) atoms. The first-order valence-corrected chi connectivity index (χ1v) is 10.1. The van der Waals surface area contributed by atoms with Crippen molar-refractivity contribution >= 4 is 23.2 Å². The van der Waals surface area contributed by atoms with Gasteiger partial charge >= 0.3 is 6.09 Å². The Morgan fingerprint density at radius 3 is 2.26 bits per heavy atom. The highest BCUT2D eigenvalue weighted by Crippen LogP contribution is 2.32. The van der Waals surface area contributed by atoms with Crippen molar-refractivity contribution in [3.05, 3.63) is 18.2 Å². The van der Waals surface area contributed by atoms with Gasteiger partial charge in [0, 0.05) is 45.0 Å². The van der Waals surface area contributed by atoms with E-state index in [9.17, 15) is 4.79 Å². The Kier molecular flexibility index (Phi) is 5.72. The summed E-state index contributed by atoms with van der Waals surface area (Å²) in [6, 6.07) is 6.33. The number of rotatable bonds is 2. The lowest BCUT2D eigenvalue weighted by atomic mass is 9.98. The van der Waals surface area contributed by atoms with Gasteiger partial charge in [-0.2, -0.15) is 0 Å². The van der Waals surface area contributed by atoms with Crippen molar-refractivity contribution < 1.29 is 9.53 Å². The largest absolute Gasteiger partial charge is 0.444 e. The maximum Gasteiger partial charge on any atom is 0.410 e. The third-order valence-corrected chi connectivity index (χ3v) is 5.43. The maximum atomic E-state index is 12.3. The Hall–Kier alpha value is -2.11. The standard InChI is InChI=1S/C21H34N4O2/c1-16-7-9-24(10-8-16)19-15-17(5-6-18(19)22)23-11-13-25(14-12-23)20(26)27-21(2,3)4/h5-6,15-16H,7-14,22H2,1-4H3. The number of ether oxygens (including phenoxy) is 1. The summed E-state index contributed by atoms with van der Waals surface area (Å²) >= 11 is 0. The van der Waals surface area contributed by atoms with Crippen LogP contribution in [0.4, 0.5) is 21.9 Å². The van der Waals surface area contributed by atoms with Gasteiger partial charge in [0.15, 0.2) is 0 Å². The molecule has 2 aliphatic rings. The minimum atomic E-state index is -0.452. The van der Waals surface area contributed by atoms with E-state index in [4.69, 9.17) is 10.5 Å². The molecule has 0 radical (unpaired) electrons. The molecule has 150 valence electrons. The number of piperazine rings is 1. The predicted octanol–water partition coefficient (Wildman–Crippen LogP) is 3.56. The Morgan fingerprint density at radius 2 is 1.67 bits per heavy atom. The van der Waals surface area contributed by atoms with Crippen LogP contribution in [0, 0.1) is 5.92 Å². The van der Waals surface area contributed by atoms with Crippen molar-refractivity contribution in [1.82, 2.24) is 4.90 Å². The molecule has 1 aromatic carbocycles. The molecule has 2 aliphatic heterocycles. The van der Waals surface area contributed by atoms with E-state index in [0.29, 0.717) is 13.1 Å². The van der Waals surface area contributed by atoms with E-state index in [0.717, 1.165) is 43.5 Å². The summed E-state index contributed by atoms with van der Waals surface area (Å²) in [6.45, 7) is 13.1. The average Bonchev–Trinajstić information content (AvgIpc) is 2.62. The number of hydrogen-bond donors (Lipinski definition) is 1. The van der Waals surface area contributed by atoms with Crippen LogP contribution in [0.1, 0.15) is 40.5 Å². The summed E-state index contributed by atoms with van der Waals surface area (Å²) in [5.74, 6) is 0.798. The summed E-state index contributed by atoms with van der Waals surface area (Å²) < 4.78 is 5.49. The normalized spacial score (nSPS) is 19.3. The monoisotopic (exact) mass is 374 g/mol. The zero-order valence-corrected chi connectivity index (χ0v) is 17.2. The second kappa shape index (κ2) is 7.87. The second-order valence-corrected chi connectivity index (χ2v) is 8.87. The molecular formula is C21H34N4O2. The number of hydrogen-bond acceptors (Lipinski definition) is 5. The number of anilines is 3. The fourth-order valence-electron chi connectivity index (χ4n) is 3.73. The minimum absolute atomic E-state index is 0.220. The van der Waals surface area contributed by atoms with Crippen LogP contribution in [0.15, 0.2) is 18.2 Å². The lowest BCUT2D eigenvalue weighted by molar-refractivity contribution is 0.0240. The summed E-state index contributed by atoms with van der Waals surface area (Å²) in [6.07, 6.45) is 2.22. The molecule has 2 heterocycles. The molecule has 0 aromatic heterocycles. The molecule has 0 bridgehead atoms. The highest BCUT2D eigenvalue weighted by Gasteiger charge is 2.26. The molecule has 2 saturated heterocycles. The van der Waals surface area contributed by atoms with E-state index in [1.165, 1.54) is 18.5 Å². The lowest BCUT2D eigenvalue weighted by Crippen LogP contribution is -2.50. The highest BCUT2D eigenvalue weighted by atomic mass is 16.6. The fraction of sp³-hybridized carbons (Fsp3) is 0.667. The SMILES string of the molecule is CC1CCN(c2cc(N3CCN(C(=O)OC(C)(C)C)CC3)ccc2N)CC1. The third kappa shape index (κ3) is 4.99. The van der Waals surface area contributed by atoms with Gasteiger partial charge in [0.05, 0.1) is 11.4 Å². The van der Waals surface area contributed by atoms with Gasteiger partial charge in [-0.15, -0.1) is 0 Å². The number of carbonyl (C=O) groups is 1. The van der Waals surface area contributed by atoms with Crippen LogP contribution in [-0.4, -0.2) is 55.9 Å². The quantitative estimate of drug-likeness (QED) is 0.802. The molecule has 3 rings (SSSR count). The van der Waals surface area contributed by atoms with Crippen LogP contribution < -0.4 is 15.5 Å². The van der Waals surface area contributed by atoms with Crippen LogP contribution in [0.2, 0.25) is 0 Å². The summed E-state index contributed by atoms with van der Waals surface area (Å²) in [5.41, 5.74) is 9.00. The van der Waals surface area contributed by atoms with Gasteiger partial charge in [-0.3, -0.25) is 0 Å². The number of nitrogens with zero attached hydrogens (tertiary/aromatic N) is 3. The lowest BCUT2D eigenvalue weighted by Gasteiger charge is -2.38. The van der Waals surface area contributed by atoms with Gasteiger partial charge in [-0.25, -0.2) is 4.79 Å². The Morgan fingerprint density at radius 1 is 1.04 bits per heavy atom. The number of carbonyl (C=O) groups excluding carboxylic acids is 1. The molecule has 2 fully saturated rings. The maximum absolute atomic E-state index is 12.3. The van der Waals surface area contributed by atoms with Crippen LogP contribution in [-0.2, 0) is 4.74 Å². The number of nitrogen functional groups attached to an aromatic ring is 1. The van der Waals surface area contributed by atoms with Crippen LogP contribution in [0.5, 0.6) is 0 Å². The first kappa shape index (κ1) is 19.6. The van der Waals surface area contributed by atoms with E-state index in [1.807, 2.05) is 26.8 Å². The van der Waals surface area contributed by atoms with Gasteiger partial charge in [0.1, 0.15) is 5.60 Å². The number of piperidine rings is 1. The number of benzene rings is 1. The smallest absolute Gasteiger partial charge is 0.410 e. The summed E-state index contributed by atoms with van der Waals surface area (Å²) in [5, 5.41) is 0. The zero-order chi connectivity index (χ0) is 19.6. The molecular weight excluding hydrogens is 340 g/mol. The molecule has 0 saturated carbocycles. The first-order chi connectivity index (χ1) is 12.7. The van der Waals surface area contributed by atoms with Crippen LogP contribution >= 0.6 is 0 Å². The average molecular weight is 375 g/mol. The van der Waals surface area contributed by atoms with E-state index in [1.54, 1.807) is 4.90 Å². The van der Waals surface area contributed by atoms with E-state index < -0.39 is 5.60 Å². The van der Waals surface area contributed by atoms with Crippen molar-refractivity contribution in [2.24, 2.45) is 5.92 Å². The molecule has 0 atom stereocenters. The summed E-state index contributed by atoms with van der Waals surface area (Å²) in [4.78, 5) is 18.8. The topological polar surface area (TPSA) is 62.0 Å². The van der Waals surface area contributed by atoms with Gasteiger partial charge in [-0.05, 0) is 57.7 Å². The molecule has 0 aliphatic carbocycles. The zero-order valence-electron chi connectivity index (χ0n) is 17.2.